The van der Waals surface area contributed by atoms with Crippen molar-refractivity contribution in [1.29, 1.82) is 5.26 Å². The molecular formula is C44H56BrN5O4. The predicted molar refractivity (Wildman–Crippen MR) is 225 cm³/mol. The second-order valence-corrected chi connectivity index (χ2v) is 12.8. The molecule has 54 heavy (non-hydrogen) atoms. The number of carbonyl (C=O) groups excluding carboxylic acids is 4. The van der Waals surface area contributed by atoms with Crippen molar-refractivity contribution in [2.45, 2.75) is 47.5 Å². The molecule has 0 spiro atoms. The molecule has 2 unspecified atom stereocenters. The molecular weight excluding hydrogens is 742 g/mol. The van der Waals surface area contributed by atoms with Gasteiger partial charge in [-0.15, -0.1) is 0 Å². The molecule has 2 saturated heterocycles. The Labute approximate surface area is 330 Å². The molecule has 2 amide bonds. The van der Waals surface area contributed by atoms with Crippen LogP contribution in [0.4, 0.5) is 11.4 Å². The number of rotatable bonds is 9. The van der Waals surface area contributed by atoms with E-state index in [1.54, 1.807) is 6.07 Å². The fourth-order valence-electron chi connectivity index (χ4n) is 5.64. The molecule has 4 aromatic rings. The van der Waals surface area contributed by atoms with Gasteiger partial charge in [0.25, 0.3) is 0 Å². The Morgan fingerprint density at radius 1 is 0.704 bits per heavy atom. The molecule has 4 aromatic carbocycles. The number of hydrogen-bond donors (Lipinski definition) is 3. The minimum atomic E-state index is -0.0671. The normalized spacial score (nSPS) is 15.7. The van der Waals surface area contributed by atoms with Crippen LogP contribution in [0.25, 0.3) is 0 Å². The van der Waals surface area contributed by atoms with Crippen LogP contribution in [0.5, 0.6) is 0 Å². The van der Waals surface area contributed by atoms with Gasteiger partial charge < -0.3 is 16.0 Å². The topological polar surface area (TPSA) is 131 Å². The lowest BCUT2D eigenvalue weighted by Gasteiger charge is -2.31. The molecule has 0 aromatic heterocycles. The monoisotopic (exact) mass is 797 g/mol. The number of ketones is 2. The minimum Gasteiger partial charge on any atom is -0.326 e. The van der Waals surface area contributed by atoms with Crippen molar-refractivity contribution in [3.05, 3.63) is 132 Å². The van der Waals surface area contributed by atoms with Crippen LogP contribution in [0.3, 0.4) is 0 Å². The average molecular weight is 799 g/mol. The number of piperidine rings is 2. The third-order valence-electron chi connectivity index (χ3n) is 8.31. The number of Topliss-reactive ketones (excluding diaryl/α,β-unsaturated/α-hetero) is 2. The van der Waals surface area contributed by atoms with Crippen LogP contribution in [-0.4, -0.2) is 66.3 Å². The van der Waals surface area contributed by atoms with Gasteiger partial charge in [0.1, 0.15) is 0 Å². The molecule has 3 N–H and O–H groups in total. The van der Waals surface area contributed by atoms with Gasteiger partial charge in [-0.1, -0.05) is 128 Å². The number of benzene rings is 4. The van der Waals surface area contributed by atoms with E-state index in [1.165, 1.54) is 6.92 Å². The number of nitrogens with one attached hydrogen (secondary N) is 3. The standard InChI is InChI=1S/C20H22N2O2.C12H16N2O.C8H7BrO.C2H3N.2CH4/c23-19(16-8-3-1-4-9-16)15-22-13-7-10-17(14-22)20(24)21-18-11-5-2-6-12-18;15-12(10-5-4-8-13-9-10)14-11-6-2-1-3-7-11;9-6-8(10)7-4-2-1-3-5-7;1-2-3;;/h1-6,8-9,11-12,17H,7,10,13-15H2,(H,21,24);1-3,6-7,10,13H,4-5,8-9H2,(H,14,15);1-5H,6H2;1H3;2*1H4. The molecule has 9 nitrogen and oxygen atoms in total. The zero-order valence-corrected chi connectivity index (χ0v) is 31.3. The third kappa shape index (κ3) is 17.7. The summed E-state index contributed by atoms with van der Waals surface area (Å²) in [6.07, 6.45) is 3.89. The SMILES string of the molecule is C.C.CC#N.O=C(CBr)c1ccccc1.O=C(CN1CCCC(C(=O)Nc2ccccc2)C1)c1ccccc1.O=C(Nc1ccccc1)C1CCCNC1. The van der Waals surface area contributed by atoms with Crippen molar-refractivity contribution in [2.75, 3.05) is 48.7 Å². The highest BCUT2D eigenvalue weighted by Crippen LogP contribution is 2.19. The van der Waals surface area contributed by atoms with E-state index in [0.717, 1.165) is 67.8 Å². The fraction of sp³-hybridized carbons (Fsp3) is 0.341. The Bertz CT molecular complexity index is 1680. The molecule has 0 radical (unpaired) electrons. The first-order valence-corrected chi connectivity index (χ1v) is 18.6. The second kappa shape index (κ2) is 27.6. The maximum atomic E-state index is 12.4. The molecule has 2 atom stereocenters. The Morgan fingerprint density at radius 3 is 1.57 bits per heavy atom. The van der Waals surface area contributed by atoms with E-state index in [9.17, 15) is 19.2 Å². The number of hydrogen-bond acceptors (Lipinski definition) is 7. The van der Waals surface area contributed by atoms with E-state index in [-0.39, 0.29) is 50.1 Å². The Balaban J connectivity index is 0.000000417. The van der Waals surface area contributed by atoms with Crippen LogP contribution < -0.4 is 16.0 Å². The van der Waals surface area contributed by atoms with Gasteiger partial charge in [-0.2, -0.15) is 5.26 Å². The molecule has 2 fully saturated rings. The lowest BCUT2D eigenvalue weighted by molar-refractivity contribution is -0.121. The van der Waals surface area contributed by atoms with E-state index in [1.807, 2.05) is 121 Å². The van der Waals surface area contributed by atoms with Crippen LogP contribution in [0.1, 0.15) is 68.2 Å². The quantitative estimate of drug-likeness (QED) is 0.114. The van der Waals surface area contributed by atoms with E-state index < -0.39 is 0 Å². The summed E-state index contributed by atoms with van der Waals surface area (Å²) in [5.74, 6) is 0.466. The Kier molecular flexibility index (Phi) is 24.1. The van der Waals surface area contributed by atoms with Gasteiger partial charge in [0.15, 0.2) is 11.6 Å². The first kappa shape index (κ1) is 47.1. The number of halogens is 1. The maximum Gasteiger partial charge on any atom is 0.228 e. The van der Waals surface area contributed by atoms with Gasteiger partial charge in [0.05, 0.1) is 29.8 Å². The number of para-hydroxylation sites is 2. The molecule has 2 aliphatic rings. The summed E-state index contributed by atoms with van der Waals surface area (Å²) in [6.45, 7) is 5.15. The summed E-state index contributed by atoms with van der Waals surface area (Å²) in [5.41, 5.74) is 3.20. The van der Waals surface area contributed by atoms with Gasteiger partial charge in [-0.25, -0.2) is 0 Å². The Morgan fingerprint density at radius 2 is 1.13 bits per heavy atom. The summed E-state index contributed by atoms with van der Waals surface area (Å²) in [6, 6.07) is 39.4. The van der Waals surface area contributed by atoms with Crippen molar-refractivity contribution in [3.8, 4) is 6.07 Å². The van der Waals surface area contributed by atoms with Gasteiger partial charge in [0, 0.05) is 42.5 Å². The third-order valence-corrected chi connectivity index (χ3v) is 8.82. The van der Waals surface area contributed by atoms with Crippen LogP contribution >= 0.6 is 15.9 Å². The fourth-order valence-corrected chi connectivity index (χ4v) is 5.96. The number of anilines is 2. The van der Waals surface area contributed by atoms with Gasteiger partial charge in [0.2, 0.25) is 11.8 Å². The van der Waals surface area contributed by atoms with Crippen LogP contribution in [0.15, 0.2) is 121 Å². The number of nitriles is 1. The smallest absolute Gasteiger partial charge is 0.228 e. The van der Waals surface area contributed by atoms with Gasteiger partial charge in [-0.05, 0) is 63.0 Å². The molecule has 288 valence electrons. The summed E-state index contributed by atoms with van der Waals surface area (Å²) in [5, 5.41) is 16.9. The van der Waals surface area contributed by atoms with Crippen molar-refractivity contribution < 1.29 is 19.2 Å². The summed E-state index contributed by atoms with van der Waals surface area (Å²) < 4.78 is 0. The highest BCUT2D eigenvalue weighted by atomic mass is 79.9. The first-order chi connectivity index (χ1) is 25.3. The van der Waals surface area contributed by atoms with E-state index in [4.69, 9.17) is 5.26 Å². The highest BCUT2D eigenvalue weighted by Gasteiger charge is 2.27. The van der Waals surface area contributed by atoms with Gasteiger partial charge >= 0.3 is 0 Å². The molecule has 6 rings (SSSR count). The highest BCUT2D eigenvalue weighted by molar-refractivity contribution is 9.09. The van der Waals surface area contributed by atoms with Crippen molar-refractivity contribution in [3.63, 3.8) is 0 Å². The average Bonchev–Trinajstić information content (AvgIpc) is 3.20. The lowest BCUT2D eigenvalue weighted by atomic mass is 9.96. The molecule has 2 aliphatic heterocycles. The second-order valence-electron chi connectivity index (χ2n) is 12.3. The van der Waals surface area contributed by atoms with Gasteiger partial charge in [-0.3, -0.25) is 24.1 Å². The van der Waals surface area contributed by atoms with E-state index >= 15 is 0 Å². The summed E-state index contributed by atoms with van der Waals surface area (Å²) in [7, 11) is 0. The largest absolute Gasteiger partial charge is 0.326 e. The molecule has 0 bridgehead atoms. The lowest BCUT2D eigenvalue weighted by Crippen LogP contribution is -2.42. The zero-order chi connectivity index (χ0) is 37.4. The minimum absolute atomic E-state index is 0. The molecule has 10 heteroatoms. The number of amides is 2. The number of likely N-dealkylation sites (tertiary alicyclic amines) is 1. The van der Waals surface area contributed by atoms with Crippen LogP contribution in [0.2, 0.25) is 0 Å². The van der Waals surface area contributed by atoms with Crippen molar-refractivity contribution in [2.24, 2.45) is 11.8 Å². The van der Waals surface area contributed by atoms with E-state index in [2.05, 4.69) is 36.8 Å². The van der Waals surface area contributed by atoms with Crippen molar-refractivity contribution >= 4 is 50.7 Å². The predicted octanol–water partition coefficient (Wildman–Crippen LogP) is 8.91. The zero-order valence-electron chi connectivity index (χ0n) is 29.7. The molecule has 0 aliphatic carbocycles. The number of carbonyl (C=O) groups is 4. The number of alkyl halides is 1. The maximum absolute atomic E-state index is 12.4. The molecule has 2 heterocycles. The summed E-state index contributed by atoms with van der Waals surface area (Å²) >= 11 is 3.10. The van der Waals surface area contributed by atoms with E-state index in [0.29, 0.717) is 18.4 Å². The Hall–Kier alpha value is -4.95. The first-order valence-electron chi connectivity index (χ1n) is 17.5. The molecule has 0 saturated carbocycles. The summed E-state index contributed by atoms with van der Waals surface area (Å²) in [4.78, 5) is 49.7. The van der Waals surface area contributed by atoms with Crippen LogP contribution in [0, 0.1) is 23.2 Å². The number of nitrogens with zero attached hydrogens (tertiary/aromatic N) is 2. The van der Waals surface area contributed by atoms with Crippen LogP contribution in [-0.2, 0) is 9.59 Å². The van der Waals surface area contributed by atoms with Crippen molar-refractivity contribution in [1.82, 2.24) is 10.2 Å².